The Bertz CT molecular complexity index is 314. The topological polar surface area (TPSA) is 82.3 Å². The van der Waals surface area contributed by atoms with Gasteiger partial charge in [0.15, 0.2) is 0 Å². The van der Waals surface area contributed by atoms with Crippen molar-refractivity contribution in [2.24, 2.45) is 5.92 Å². The standard InChI is InChI=1S/C13H22N2O3/c1-2-3-8-18-12(17)15-13(10-14)6-4-11(9-13)5-7-16/h11,16H,2-9H2,1H3,(H,15,17). The SMILES string of the molecule is CCCCOC(=O)NC1(C#N)CCC(CCO)C1. The zero-order chi connectivity index (χ0) is 13.4. The molecule has 0 aromatic rings. The third kappa shape index (κ3) is 4.19. The average Bonchev–Trinajstić information content (AvgIpc) is 2.74. The van der Waals surface area contributed by atoms with Crippen LogP contribution >= 0.6 is 0 Å². The molecule has 1 rings (SSSR count). The molecule has 102 valence electrons. The second kappa shape index (κ2) is 7.22. The molecule has 18 heavy (non-hydrogen) atoms. The highest BCUT2D eigenvalue weighted by atomic mass is 16.5. The van der Waals surface area contributed by atoms with Crippen LogP contribution in [0.15, 0.2) is 0 Å². The number of aliphatic hydroxyl groups is 1. The van der Waals surface area contributed by atoms with E-state index in [-0.39, 0.29) is 6.61 Å². The van der Waals surface area contributed by atoms with Gasteiger partial charge in [0, 0.05) is 6.61 Å². The smallest absolute Gasteiger partial charge is 0.408 e. The van der Waals surface area contributed by atoms with Crippen molar-refractivity contribution in [2.45, 2.75) is 51.0 Å². The van der Waals surface area contributed by atoms with Crippen molar-refractivity contribution in [2.75, 3.05) is 13.2 Å². The number of unbranched alkanes of at least 4 members (excludes halogenated alkanes) is 1. The Balaban J connectivity index is 2.42. The minimum atomic E-state index is -0.802. The third-order valence-electron chi connectivity index (χ3n) is 3.44. The van der Waals surface area contributed by atoms with E-state index in [0.717, 1.165) is 19.3 Å². The molecule has 0 radical (unpaired) electrons. The first-order chi connectivity index (χ1) is 8.65. The number of carbonyl (C=O) groups excluding carboxylic acids is 1. The van der Waals surface area contributed by atoms with Gasteiger partial charge in [0.2, 0.25) is 0 Å². The summed E-state index contributed by atoms with van der Waals surface area (Å²) in [5.41, 5.74) is -0.802. The summed E-state index contributed by atoms with van der Waals surface area (Å²) in [5, 5.41) is 20.8. The zero-order valence-electron chi connectivity index (χ0n) is 10.9. The summed E-state index contributed by atoms with van der Waals surface area (Å²) >= 11 is 0. The summed E-state index contributed by atoms with van der Waals surface area (Å²) in [6, 6.07) is 2.19. The van der Waals surface area contributed by atoms with Crippen molar-refractivity contribution >= 4 is 6.09 Å². The molecule has 1 aliphatic rings. The van der Waals surface area contributed by atoms with Crippen LogP contribution in [-0.4, -0.2) is 30.0 Å². The van der Waals surface area contributed by atoms with Crippen molar-refractivity contribution in [3.05, 3.63) is 0 Å². The second-order valence-corrected chi connectivity index (χ2v) is 4.93. The van der Waals surface area contributed by atoms with Gasteiger partial charge in [0.25, 0.3) is 0 Å². The van der Waals surface area contributed by atoms with Crippen molar-refractivity contribution in [1.82, 2.24) is 5.32 Å². The van der Waals surface area contributed by atoms with Crippen molar-refractivity contribution in [1.29, 1.82) is 5.26 Å². The molecule has 2 N–H and O–H groups in total. The second-order valence-electron chi connectivity index (χ2n) is 4.93. The number of aliphatic hydroxyl groups excluding tert-OH is 1. The molecular weight excluding hydrogens is 232 g/mol. The van der Waals surface area contributed by atoms with E-state index in [1.54, 1.807) is 0 Å². The third-order valence-corrected chi connectivity index (χ3v) is 3.44. The number of hydrogen-bond acceptors (Lipinski definition) is 4. The maximum absolute atomic E-state index is 11.6. The summed E-state index contributed by atoms with van der Waals surface area (Å²) in [5.74, 6) is 0.311. The molecule has 0 heterocycles. The highest BCUT2D eigenvalue weighted by Crippen LogP contribution is 2.35. The number of rotatable bonds is 6. The fourth-order valence-electron chi connectivity index (χ4n) is 2.36. The molecule has 0 bridgehead atoms. The number of alkyl carbamates (subject to hydrolysis) is 1. The normalized spacial score (nSPS) is 26.6. The van der Waals surface area contributed by atoms with E-state index in [9.17, 15) is 10.1 Å². The molecule has 5 heteroatoms. The summed E-state index contributed by atoms with van der Waals surface area (Å²) in [6.07, 6.45) is 4.09. The Morgan fingerprint density at radius 2 is 2.44 bits per heavy atom. The summed E-state index contributed by atoms with van der Waals surface area (Å²) < 4.78 is 5.02. The maximum atomic E-state index is 11.6. The van der Waals surface area contributed by atoms with Gasteiger partial charge in [0.05, 0.1) is 12.7 Å². The molecular formula is C13H22N2O3. The molecule has 1 fully saturated rings. The van der Waals surface area contributed by atoms with Gasteiger partial charge in [0.1, 0.15) is 5.54 Å². The minimum Gasteiger partial charge on any atom is -0.450 e. The van der Waals surface area contributed by atoms with Crippen molar-refractivity contribution < 1.29 is 14.6 Å². The van der Waals surface area contributed by atoms with Crippen LogP contribution in [0.2, 0.25) is 0 Å². The number of carbonyl (C=O) groups is 1. The Kier molecular flexibility index (Phi) is 5.93. The minimum absolute atomic E-state index is 0.132. The first kappa shape index (κ1) is 14.8. The van der Waals surface area contributed by atoms with E-state index in [1.165, 1.54) is 0 Å². The molecule has 1 saturated carbocycles. The molecule has 1 aliphatic carbocycles. The van der Waals surface area contributed by atoms with E-state index in [0.29, 0.717) is 31.8 Å². The maximum Gasteiger partial charge on any atom is 0.408 e. The summed E-state index contributed by atoms with van der Waals surface area (Å²) in [6.45, 7) is 2.55. The highest BCUT2D eigenvalue weighted by molar-refractivity contribution is 5.69. The highest BCUT2D eigenvalue weighted by Gasteiger charge is 2.40. The number of ether oxygens (including phenoxy) is 1. The van der Waals surface area contributed by atoms with Crippen LogP contribution in [0.5, 0.6) is 0 Å². The molecule has 0 aromatic heterocycles. The number of amides is 1. The molecule has 0 aliphatic heterocycles. The van der Waals surface area contributed by atoms with Crippen LogP contribution in [-0.2, 0) is 4.74 Å². The van der Waals surface area contributed by atoms with E-state index in [1.807, 2.05) is 6.92 Å². The largest absolute Gasteiger partial charge is 0.450 e. The van der Waals surface area contributed by atoms with Gasteiger partial charge in [-0.15, -0.1) is 0 Å². The monoisotopic (exact) mass is 254 g/mol. The molecule has 0 saturated heterocycles. The van der Waals surface area contributed by atoms with E-state index in [2.05, 4.69) is 11.4 Å². The Labute approximate surface area is 108 Å². The lowest BCUT2D eigenvalue weighted by atomic mass is 9.97. The van der Waals surface area contributed by atoms with E-state index >= 15 is 0 Å². The van der Waals surface area contributed by atoms with Crippen molar-refractivity contribution in [3.63, 3.8) is 0 Å². The molecule has 2 atom stereocenters. The van der Waals surface area contributed by atoms with Crippen LogP contribution in [0, 0.1) is 17.2 Å². The summed E-state index contributed by atoms with van der Waals surface area (Å²) in [4.78, 5) is 11.6. The van der Waals surface area contributed by atoms with Gasteiger partial charge in [-0.3, -0.25) is 0 Å². The molecule has 2 unspecified atom stereocenters. The number of hydrogen-bond donors (Lipinski definition) is 2. The van der Waals surface area contributed by atoms with Crippen LogP contribution in [0.4, 0.5) is 4.79 Å². The number of nitriles is 1. The Morgan fingerprint density at radius 1 is 1.67 bits per heavy atom. The quantitative estimate of drug-likeness (QED) is 0.710. The van der Waals surface area contributed by atoms with Gasteiger partial charge in [-0.25, -0.2) is 4.79 Å². The van der Waals surface area contributed by atoms with Gasteiger partial charge in [-0.2, -0.15) is 5.26 Å². The number of nitrogens with zero attached hydrogens (tertiary/aromatic N) is 1. The fraction of sp³-hybridized carbons (Fsp3) is 0.846. The van der Waals surface area contributed by atoms with Crippen LogP contribution in [0.3, 0.4) is 0 Å². The van der Waals surface area contributed by atoms with Gasteiger partial charge >= 0.3 is 6.09 Å². The first-order valence-corrected chi connectivity index (χ1v) is 6.63. The first-order valence-electron chi connectivity index (χ1n) is 6.63. The zero-order valence-corrected chi connectivity index (χ0v) is 10.9. The van der Waals surface area contributed by atoms with E-state index in [4.69, 9.17) is 9.84 Å². The lowest BCUT2D eigenvalue weighted by Crippen LogP contribution is -2.45. The molecule has 1 amide bonds. The number of nitrogens with one attached hydrogen (secondary N) is 1. The Morgan fingerprint density at radius 3 is 3.06 bits per heavy atom. The predicted molar refractivity (Wildman–Crippen MR) is 66.8 cm³/mol. The lowest BCUT2D eigenvalue weighted by Gasteiger charge is -2.22. The van der Waals surface area contributed by atoms with Gasteiger partial charge < -0.3 is 15.2 Å². The molecule has 5 nitrogen and oxygen atoms in total. The van der Waals surface area contributed by atoms with Crippen LogP contribution < -0.4 is 5.32 Å². The summed E-state index contributed by atoms with van der Waals surface area (Å²) in [7, 11) is 0. The lowest BCUT2D eigenvalue weighted by molar-refractivity contribution is 0.136. The van der Waals surface area contributed by atoms with Gasteiger partial charge in [-0.05, 0) is 38.0 Å². The average molecular weight is 254 g/mol. The Hall–Kier alpha value is -1.28. The fourth-order valence-corrected chi connectivity index (χ4v) is 2.36. The van der Waals surface area contributed by atoms with Crippen LogP contribution in [0.25, 0.3) is 0 Å². The van der Waals surface area contributed by atoms with Crippen LogP contribution in [0.1, 0.15) is 45.4 Å². The molecule has 0 spiro atoms. The predicted octanol–water partition coefficient (Wildman–Crippen LogP) is 1.96. The van der Waals surface area contributed by atoms with Gasteiger partial charge in [-0.1, -0.05) is 13.3 Å². The molecule has 0 aromatic carbocycles. The van der Waals surface area contributed by atoms with E-state index < -0.39 is 11.6 Å². The van der Waals surface area contributed by atoms with Crippen molar-refractivity contribution in [3.8, 4) is 6.07 Å².